The molecule has 0 aliphatic rings. The standard InChI is InChI=1S/C15H14BrFO3/c1-9(18)10-3-5-15(13(17)7-10)20-14-6-4-11(19-2)8-12(14)16/h3-9,18H,1-2H3/t9-/m1/s1. The predicted octanol–water partition coefficient (Wildman–Crippen LogP) is 4.44. The summed E-state index contributed by atoms with van der Waals surface area (Å²) in [7, 11) is 1.57. The van der Waals surface area contributed by atoms with E-state index < -0.39 is 11.9 Å². The average Bonchev–Trinajstić information content (AvgIpc) is 2.42. The van der Waals surface area contributed by atoms with Gasteiger partial charge in [0, 0.05) is 0 Å². The summed E-state index contributed by atoms with van der Waals surface area (Å²) in [6.45, 7) is 1.58. The van der Waals surface area contributed by atoms with Crippen molar-refractivity contribution in [2.75, 3.05) is 7.11 Å². The number of rotatable bonds is 4. The van der Waals surface area contributed by atoms with E-state index in [-0.39, 0.29) is 5.75 Å². The highest BCUT2D eigenvalue weighted by molar-refractivity contribution is 9.10. The van der Waals surface area contributed by atoms with Crippen molar-refractivity contribution >= 4 is 15.9 Å². The van der Waals surface area contributed by atoms with Gasteiger partial charge in [-0.15, -0.1) is 0 Å². The van der Waals surface area contributed by atoms with E-state index in [0.717, 1.165) is 0 Å². The zero-order chi connectivity index (χ0) is 14.7. The number of methoxy groups -OCH3 is 1. The summed E-state index contributed by atoms with van der Waals surface area (Å²) in [5, 5.41) is 9.40. The number of hydrogen-bond donors (Lipinski definition) is 1. The molecular weight excluding hydrogens is 327 g/mol. The fourth-order valence-electron chi connectivity index (χ4n) is 1.67. The molecule has 0 aliphatic carbocycles. The second-order valence-corrected chi connectivity index (χ2v) is 5.12. The summed E-state index contributed by atoms with van der Waals surface area (Å²) in [6, 6.07) is 9.52. The highest BCUT2D eigenvalue weighted by Crippen LogP contribution is 2.34. The second-order valence-electron chi connectivity index (χ2n) is 4.26. The van der Waals surface area contributed by atoms with Crippen LogP contribution in [-0.4, -0.2) is 12.2 Å². The van der Waals surface area contributed by atoms with Crippen LogP contribution < -0.4 is 9.47 Å². The summed E-state index contributed by atoms with van der Waals surface area (Å²) < 4.78 is 25.2. The van der Waals surface area contributed by atoms with Gasteiger partial charge in [-0.3, -0.25) is 0 Å². The molecule has 0 spiro atoms. The van der Waals surface area contributed by atoms with E-state index in [1.54, 1.807) is 38.3 Å². The minimum Gasteiger partial charge on any atom is -0.497 e. The maximum absolute atomic E-state index is 13.9. The van der Waals surface area contributed by atoms with E-state index in [1.807, 2.05) is 0 Å². The topological polar surface area (TPSA) is 38.7 Å². The normalized spacial score (nSPS) is 12.1. The smallest absolute Gasteiger partial charge is 0.166 e. The lowest BCUT2D eigenvalue weighted by atomic mass is 10.1. The maximum atomic E-state index is 13.9. The van der Waals surface area contributed by atoms with Crippen LogP contribution in [0, 0.1) is 5.82 Å². The number of ether oxygens (including phenoxy) is 2. The first kappa shape index (κ1) is 14.8. The van der Waals surface area contributed by atoms with Crippen LogP contribution in [0.15, 0.2) is 40.9 Å². The Hall–Kier alpha value is -1.59. The van der Waals surface area contributed by atoms with Gasteiger partial charge in [-0.05, 0) is 58.7 Å². The zero-order valence-corrected chi connectivity index (χ0v) is 12.6. The van der Waals surface area contributed by atoms with Gasteiger partial charge in [0.05, 0.1) is 17.7 Å². The SMILES string of the molecule is COc1ccc(Oc2ccc([C@@H](C)O)cc2F)c(Br)c1. The van der Waals surface area contributed by atoms with Gasteiger partial charge in [0.1, 0.15) is 11.5 Å². The number of benzene rings is 2. The van der Waals surface area contributed by atoms with Gasteiger partial charge in [0.2, 0.25) is 0 Å². The molecule has 2 aromatic carbocycles. The number of hydrogen-bond acceptors (Lipinski definition) is 3. The van der Waals surface area contributed by atoms with E-state index in [1.165, 1.54) is 12.1 Å². The van der Waals surface area contributed by atoms with Crippen molar-refractivity contribution in [2.24, 2.45) is 0 Å². The highest BCUT2D eigenvalue weighted by Gasteiger charge is 2.11. The molecule has 3 nitrogen and oxygen atoms in total. The molecule has 1 atom stereocenters. The number of aliphatic hydroxyl groups is 1. The van der Waals surface area contributed by atoms with Crippen molar-refractivity contribution in [1.29, 1.82) is 0 Å². The van der Waals surface area contributed by atoms with Crippen LogP contribution in [0.3, 0.4) is 0 Å². The van der Waals surface area contributed by atoms with Gasteiger partial charge in [-0.1, -0.05) is 6.07 Å². The molecule has 0 aliphatic heterocycles. The molecule has 0 aromatic heterocycles. The largest absolute Gasteiger partial charge is 0.497 e. The summed E-state index contributed by atoms with van der Waals surface area (Å²) in [5.41, 5.74) is 0.503. The monoisotopic (exact) mass is 340 g/mol. The summed E-state index contributed by atoms with van der Waals surface area (Å²) in [6.07, 6.45) is -0.716. The molecule has 0 fully saturated rings. The number of aliphatic hydroxyl groups excluding tert-OH is 1. The minimum absolute atomic E-state index is 0.0975. The molecule has 2 aromatic rings. The van der Waals surface area contributed by atoms with Crippen molar-refractivity contribution in [3.05, 3.63) is 52.3 Å². The molecule has 0 saturated heterocycles. The molecule has 0 saturated carbocycles. The first-order chi connectivity index (χ1) is 9.51. The van der Waals surface area contributed by atoms with E-state index in [9.17, 15) is 9.50 Å². The Morgan fingerprint density at radius 2 is 1.85 bits per heavy atom. The van der Waals surface area contributed by atoms with Gasteiger partial charge in [0.25, 0.3) is 0 Å². The maximum Gasteiger partial charge on any atom is 0.166 e. The quantitative estimate of drug-likeness (QED) is 0.893. The Balaban J connectivity index is 2.26. The lowest BCUT2D eigenvalue weighted by Gasteiger charge is -2.11. The molecule has 0 amide bonds. The van der Waals surface area contributed by atoms with Gasteiger partial charge in [0.15, 0.2) is 11.6 Å². The van der Waals surface area contributed by atoms with E-state index in [2.05, 4.69) is 15.9 Å². The Morgan fingerprint density at radius 1 is 1.15 bits per heavy atom. The minimum atomic E-state index is -0.716. The summed E-state index contributed by atoms with van der Waals surface area (Å²) in [4.78, 5) is 0. The molecule has 0 radical (unpaired) electrons. The van der Waals surface area contributed by atoms with Crippen LogP contribution in [0.2, 0.25) is 0 Å². The van der Waals surface area contributed by atoms with E-state index in [0.29, 0.717) is 21.5 Å². The van der Waals surface area contributed by atoms with Crippen LogP contribution in [0.5, 0.6) is 17.2 Å². The Bertz CT molecular complexity index is 614. The van der Waals surface area contributed by atoms with Crippen molar-refractivity contribution in [3.8, 4) is 17.2 Å². The lowest BCUT2D eigenvalue weighted by molar-refractivity contribution is 0.198. The Morgan fingerprint density at radius 3 is 2.40 bits per heavy atom. The van der Waals surface area contributed by atoms with Crippen LogP contribution in [0.1, 0.15) is 18.6 Å². The van der Waals surface area contributed by atoms with E-state index >= 15 is 0 Å². The van der Waals surface area contributed by atoms with Crippen LogP contribution in [-0.2, 0) is 0 Å². The Kier molecular flexibility index (Phi) is 4.62. The number of halogens is 2. The van der Waals surface area contributed by atoms with Crippen molar-refractivity contribution in [3.63, 3.8) is 0 Å². The lowest BCUT2D eigenvalue weighted by Crippen LogP contribution is -1.95. The average molecular weight is 341 g/mol. The molecular formula is C15H14BrFO3. The zero-order valence-electron chi connectivity index (χ0n) is 11.1. The van der Waals surface area contributed by atoms with Gasteiger partial charge in [-0.25, -0.2) is 4.39 Å². The van der Waals surface area contributed by atoms with Gasteiger partial charge < -0.3 is 14.6 Å². The first-order valence-electron chi connectivity index (χ1n) is 6.00. The molecule has 0 heterocycles. The third-order valence-corrected chi connectivity index (χ3v) is 3.42. The highest BCUT2D eigenvalue weighted by atomic mass is 79.9. The molecule has 0 unspecified atom stereocenters. The molecule has 5 heteroatoms. The molecule has 20 heavy (non-hydrogen) atoms. The molecule has 0 bridgehead atoms. The Labute approximate surface area is 125 Å². The van der Waals surface area contributed by atoms with Gasteiger partial charge >= 0.3 is 0 Å². The van der Waals surface area contributed by atoms with Crippen molar-refractivity contribution in [1.82, 2.24) is 0 Å². The third kappa shape index (κ3) is 3.29. The van der Waals surface area contributed by atoms with Crippen LogP contribution in [0.25, 0.3) is 0 Å². The molecule has 1 N–H and O–H groups in total. The fraction of sp³-hybridized carbons (Fsp3) is 0.200. The predicted molar refractivity (Wildman–Crippen MR) is 77.8 cm³/mol. The van der Waals surface area contributed by atoms with Crippen molar-refractivity contribution < 1.29 is 19.0 Å². The second kappa shape index (κ2) is 6.24. The van der Waals surface area contributed by atoms with Crippen LogP contribution >= 0.6 is 15.9 Å². The fourth-order valence-corrected chi connectivity index (χ4v) is 2.11. The molecule has 106 valence electrons. The summed E-state index contributed by atoms with van der Waals surface area (Å²) >= 11 is 3.34. The van der Waals surface area contributed by atoms with E-state index in [4.69, 9.17) is 9.47 Å². The summed E-state index contributed by atoms with van der Waals surface area (Å²) in [5.74, 6) is 0.732. The van der Waals surface area contributed by atoms with Gasteiger partial charge in [-0.2, -0.15) is 0 Å². The van der Waals surface area contributed by atoms with Crippen LogP contribution in [0.4, 0.5) is 4.39 Å². The third-order valence-electron chi connectivity index (χ3n) is 2.80. The first-order valence-corrected chi connectivity index (χ1v) is 6.79. The molecule has 2 rings (SSSR count). The van der Waals surface area contributed by atoms with Crippen molar-refractivity contribution in [2.45, 2.75) is 13.0 Å².